The third-order valence-electron chi connectivity index (χ3n) is 4.20. The first kappa shape index (κ1) is 10.4. The lowest BCUT2D eigenvalue weighted by Gasteiger charge is -2.07. The summed E-state index contributed by atoms with van der Waals surface area (Å²) < 4.78 is 0. The standard InChI is InChI=1S/C18H18/c1-3-15(13-7-8-13)11-17(5-1)18-6-2-4-16(12-18)14-9-10-14/h1-6,11-14H,7-10H2. The molecular formula is C18H18. The molecule has 0 bridgehead atoms. The van der Waals surface area contributed by atoms with Gasteiger partial charge in [-0.05, 0) is 59.8 Å². The monoisotopic (exact) mass is 234 g/mol. The van der Waals surface area contributed by atoms with E-state index in [-0.39, 0.29) is 0 Å². The maximum atomic E-state index is 2.39. The maximum absolute atomic E-state index is 2.39. The fourth-order valence-electron chi connectivity index (χ4n) is 2.78. The molecule has 0 aromatic heterocycles. The summed E-state index contributed by atoms with van der Waals surface area (Å²) in [5, 5.41) is 0. The third kappa shape index (κ3) is 1.96. The molecule has 2 saturated carbocycles. The zero-order chi connectivity index (χ0) is 11.9. The van der Waals surface area contributed by atoms with Gasteiger partial charge in [-0.15, -0.1) is 0 Å². The zero-order valence-electron chi connectivity index (χ0n) is 10.6. The summed E-state index contributed by atoms with van der Waals surface area (Å²) in [5.41, 5.74) is 5.84. The van der Waals surface area contributed by atoms with E-state index < -0.39 is 0 Å². The van der Waals surface area contributed by atoms with Crippen LogP contribution in [-0.2, 0) is 0 Å². The molecule has 0 N–H and O–H groups in total. The van der Waals surface area contributed by atoms with E-state index in [1.807, 2.05) is 0 Å². The molecule has 2 aliphatic carbocycles. The van der Waals surface area contributed by atoms with Crippen molar-refractivity contribution >= 4 is 0 Å². The number of benzene rings is 2. The van der Waals surface area contributed by atoms with Gasteiger partial charge in [0, 0.05) is 0 Å². The van der Waals surface area contributed by atoms with E-state index in [2.05, 4.69) is 48.5 Å². The van der Waals surface area contributed by atoms with E-state index in [1.165, 1.54) is 47.9 Å². The summed E-state index contributed by atoms with van der Waals surface area (Å²) in [5.74, 6) is 1.69. The van der Waals surface area contributed by atoms with Gasteiger partial charge < -0.3 is 0 Å². The lowest BCUT2D eigenvalue weighted by Crippen LogP contribution is -1.85. The van der Waals surface area contributed by atoms with Crippen molar-refractivity contribution in [2.24, 2.45) is 0 Å². The van der Waals surface area contributed by atoms with Crippen LogP contribution in [0.25, 0.3) is 11.1 Å². The molecule has 18 heavy (non-hydrogen) atoms. The van der Waals surface area contributed by atoms with Gasteiger partial charge >= 0.3 is 0 Å². The van der Waals surface area contributed by atoms with Crippen LogP contribution in [0.3, 0.4) is 0 Å². The van der Waals surface area contributed by atoms with Gasteiger partial charge in [0.25, 0.3) is 0 Å². The van der Waals surface area contributed by atoms with Crippen molar-refractivity contribution < 1.29 is 0 Å². The normalized spacial score (nSPS) is 18.9. The molecule has 0 heterocycles. The van der Waals surface area contributed by atoms with Crippen LogP contribution in [-0.4, -0.2) is 0 Å². The average molecular weight is 234 g/mol. The van der Waals surface area contributed by atoms with Crippen molar-refractivity contribution in [2.45, 2.75) is 37.5 Å². The van der Waals surface area contributed by atoms with E-state index in [0.717, 1.165) is 11.8 Å². The summed E-state index contributed by atoms with van der Waals surface area (Å²) in [6.45, 7) is 0. The van der Waals surface area contributed by atoms with E-state index >= 15 is 0 Å². The number of rotatable bonds is 3. The SMILES string of the molecule is c1cc(-c2cccc(C3CC3)c2)cc(C2CC2)c1. The molecule has 2 aliphatic rings. The highest BCUT2D eigenvalue weighted by Crippen LogP contribution is 2.43. The Bertz CT molecular complexity index is 521. The minimum absolute atomic E-state index is 0.844. The summed E-state index contributed by atoms with van der Waals surface area (Å²) in [6, 6.07) is 18.3. The quantitative estimate of drug-likeness (QED) is 0.692. The fraction of sp³-hybridized carbons (Fsp3) is 0.333. The minimum Gasteiger partial charge on any atom is -0.0614 e. The van der Waals surface area contributed by atoms with Crippen molar-refractivity contribution in [1.82, 2.24) is 0 Å². The maximum Gasteiger partial charge on any atom is -0.0161 e. The van der Waals surface area contributed by atoms with Crippen molar-refractivity contribution in [3.05, 3.63) is 59.7 Å². The molecule has 0 saturated heterocycles. The molecule has 2 fully saturated rings. The molecule has 0 unspecified atom stereocenters. The van der Waals surface area contributed by atoms with Crippen LogP contribution < -0.4 is 0 Å². The molecule has 0 amide bonds. The Hall–Kier alpha value is -1.56. The van der Waals surface area contributed by atoms with Gasteiger partial charge in [-0.2, -0.15) is 0 Å². The molecule has 90 valence electrons. The second kappa shape index (κ2) is 3.98. The Balaban J connectivity index is 1.72. The summed E-state index contributed by atoms with van der Waals surface area (Å²) in [6.07, 6.45) is 5.52. The van der Waals surface area contributed by atoms with E-state index in [0.29, 0.717) is 0 Å². The Morgan fingerprint density at radius 3 is 1.44 bits per heavy atom. The van der Waals surface area contributed by atoms with Crippen molar-refractivity contribution in [2.75, 3.05) is 0 Å². The van der Waals surface area contributed by atoms with Crippen LogP contribution in [0.4, 0.5) is 0 Å². The summed E-state index contributed by atoms with van der Waals surface area (Å²) in [7, 11) is 0. The third-order valence-corrected chi connectivity index (χ3v) is 4.20. The first-order valence-electron chi connectivity index (χ1n) is 7.10. The highest BCUT2D eigenvalue weighted by molar-refractivity contribution is 5.65. The predicted molar refractivity (Wildman–Crippen MR) is 75.8 cm³/mol. The smallest absolute Gasteiger partial charge is 0.0161 e. The first-order chi connectivity index (χ1) is 8.90. The molecule has 2 aromatic carbocycles. The van der Waals surface area contributed by atoms with Crippen molar-refractivity contribution in [1.29, 1.82) is 0 Å². The Morgan fingerprint density at radius 2 is 1.06 bits per heavy atom. The molecule has 0 atom stereocenters. The Morgan fingerprint density at radius 1 is 0.611 bits per heavy atom. The van der Waals surface area contributed by atoms with Gasteiger partial charge in [-0.1, -0.05) is 48.5 Å². The lowest BCUT2D eigenvalue weighted by atomic mass is 9.98. The molecule has 0 aliphatic heterocycles. The van der Waals surface area contributed by atoms with Crippen LogP contribution in [0.2, 0.25) is 0 Å². The van der Waals surface area contributed by atoms with Crippen LogP contribution >= 0.6 is 0 Å². The van der Waals surface area contributed by atoms with Gasteiger partial charge in [0.2, 0.25) is 0 Å². The second-order valence-electron chi connectivity index (χ2n) is 5.80. The highest BCUT2D eigenvalue weighted by atomic mass is 14.3. The summed E-state index contributed by atoms with van der Waals surface area (Å²) in [4.78, 5) is 0. The Kier molecular flexibility index (Phi) is 2.29. The van der Waals surface area contributed by atoms with Gasteiger partial charge in [-0.3, -0.25) is 0 Å². The topological polar surface area (TPSA) is 0 Å². The van der Waals surface area contributed by atoms with Crippen LogP contribution in [0.1, 0.15) is 48.6 Å². The van der Waals surface area contributed by atoms with E-state index in [1.54, 1.807) is 0 Å². The van der Waals surface area contributed by atoms with Gasteiger partial charge in [0.15, 0.2) is 0 Å². The molecule has 0 spiro atoms. The predicted octanol–water partition coefficient (Wildman–Crippen LogP) is 5.11. The van der Waals surface area contributed by atoms with E-state index in [9.17, 15) is 0 Å². The van der Waals surface area contributed by atoms with Gasteiger partial charge in [0.05, 0.1) is 0 Å². The lowest BCUT2D eigenvalue weighted by molar-refractivity contribution is 1.12. The second-order valence-corrected chi connectivity index (χ2v) is 5.80. The molecule has 4 rings (SSSR count). The molecular weight excluding hydrogens is 216 g/mol. The van der Waals surface area contributed by atoms with Crippen LogP contribution in [0, 0.1) is 0 Å². The molecule has 2 aromatic rings. The average Bonchev–Trinajstić information content (AvgIpc) is 3.32. The zero-order valence-corrected chi connectivity index (χ0v) is 10.6. The van der Waals surface area contributed by atoms with Gasteiger partial charge in [-0.25, -0.2) is 0 Å². The summed E-state index contributed by atoms with van der Waals surface area (Å²) >= 11 is 0. The van der Waals surface area contributed by atoms with E-state index in [4.69, 9.17) is 0 Å². The largest absolute Gasteiger partial charge is 0.0614 e. The number of hydrogen-bond donors (Lipinski definition) is 0. The highest BCUT2D eigenvalue weighted by Gasteiger charge is 2.24. The number of hydrogen-bond acceptors (Lipinski definition) is 0. The van der Waals surface area contributed by atoms with Gasteiger partial charge in [0.1, 0.15) is 0 Å². The molecule has 0 nitrogen and oxygen atoms in total. The Labute approximate surface area is 109 Å². The van der Waals surface area contributed by atoms with Crippen LogP contribution in [0.5, 0.6) is 0 Å². The minimum atomic E-state index is 0.844. The molecule has 0 heteroatoms. The van der Waals surface area contributed by atoms with Crippen LogP contribution in [0.15, 0.2) is 48.5 Å². The fourth-order valence-corrected chi connectivity index (χ4v) is 2.78. The first-order valence-corrected chi connectivity index (χ1v) is 7.10. The van der Waals surface area contributed by atoms with Crippen molar-refractivity contribution in [3.63, 3.8) is 0 Å². The van der Waals surface area contributed by atoms with Crippen molar-refractivity contribution in [3.8, 4) is 11.1 Å². The molecule has 0 radical (unpaired) electrons.